The second-order valence-corrected chi connectivity index (χ2v) is 4.28. The maximum absolute atomic E-state index is 13.1. The Morgan fingerprint density at radius 2 is 1.85 bits per heavy atom. The zero-order valence-electron chi connectivity index (χ0n) is 10.7. The minimum Gasteiger partial charge on any atom is -0.333 e. The maximum atomic E-state index is 13.1. The van der Waals surface area contributed by atoms with Crippen LogP contribution in [-0.2, 0) is 11.3 Å². The smallest absolute Gasteiger partial charge is 0.333 e. The summed E-state index contributed by atoms with van der Waals surface area (Å²) in [6, 6.07) is 8.33. The SMILES string of the molecule is NCCCN(Cc1ccccc1)C(=O)C(F)(F)C(F)F. The summed E-state index contributed by atoms with van der Waals surface area (Å²) in [5.41, 5.74) is 5.85. The van der Waals surface area contributed by atoms with E-state index in [4.69, 9.17) is 5.73 Å². The number of alkyl halides is 4. The molecule has 0 aliphatic rings. The fourth-order valence-electron chi connectivity index (χ4n) is 1.64. The Kier molecular flexibility index (Phi) is 5.94. The molecule has 0 spiro atoms. The second-order valence-electron chi connectivity index (χ2n) is 4.28. The van der Waals surface area contributed by atoms with Gasteiger partial charge in [0.1, 0.15) is 0 Å². The first-order chi connectivity index (χ1) is 9.39. The number of rotatable bonds is 7. The predicted molar refractivity (Wildman–Crippen MR) is 66.5 cm³/mol. The minimum atomic E-state index is -4.68. The number of nitrogens with zero attached hydrogens (tertiary/aromatic N) is 1. The molecule has 0 aliphatic heterocycles. The molecule has 0 saturated carbocycles. The van der Waals surface area contributed by atoms with Crippen LogP contribution >= 0.6 is 0 Å². The lowest BCUT2D eigenvalue weighted by Gasteiger charge is -2.26. The second kappa shape index (κ2) is 7.23. The molecule has 0 heterocycles. The van der Waals surface area contributed by atoms with Crippen LogP contribution in [0.1, 0.15) is 12.0 Å². The molecule has 0 saturated heterocycles. The van der Waals surface area contributed by atoms with Gasteiger partial charge in [0, 0.05) is 13.1 Å². The molecule has 0 aromatic heterocycles. The topological polar surface area (TPSA) is 46.3 Å². The van der Waals surface area contributed by atoms with Crippen LogP contribution in [0.3, 0.4) is 0 Å². The highest BCUT2D eigenvalue weighted by atomic mass is 19.3. The van der Waals surface area contributed by atoms with Gasteiger partial charge in [-0.3, -0.25) is 4.79 Å². The van der Waals surface area contributed by atoms with Gasteiger partial charge in [0.15, 0.2) is 0 Å². The average molecular weight is 292 g/mol. The highest BCUT2D eigenvalue weighted by molar-refractivity contribution is 5.84. The molecule has 1 rings (SSSR count). The van der Waals surface area contributed by atoms with Crippen molar-refractivity contribution in [2.24, 2.45) is 5.73 Å². The van der Waals surface area contributed by atoms with Crippen molar-refractivity contribution in [3.63, 3.8) is 0 Å². The van der Waals surface area contributed by atoms with Gasteiger partial charge in [0.05, 0.1) is 0 Å². The molecule has 0 aliphatic carbocycles. The van der Waals surface area contributed by atoms with E-state index in [0.717, 1.165) is 0 Å². The molecule has 1 aromatic carbocycles. The Morgan fingerprint density at radius 1 is 1.25 bits per heavy atom. The Labute approximate surface area is 114 Å². The summed E-state index contributed by atoms with van der Waals surface area (Å²) in [6.07, 6.45) is -3.76. The summed E-state index contributed by atoms with van der Waals surface area (Å²) in [5, 5.41) is 0. The minimum absolute atomic E-state index is 0.0907. The van der Waals surface area contributed by atoms with Crippen LogP contribution < -0.4 is 5.73 Å². The first-order valence-corrected chi connectivity index (χ1v) is 6.09. The highest BCUT2D eigenvalue weighted by Crippen LogP contribution is 2.26. The number of carbonyl (C=O) groups is 1. The Bertz CT molecular complexity index is 426. The van der Waals surface area contributed by atoms with Crippen molar-refractivity contribution in [1.82, 2.24) is 4.90 Å². The third-order valence-electron chi connectivity index (χ3n) is 2.69. The van der Waals surface area contributed by atoms with E-state index in [1.165, 1.54) is 0 Å². The van der Waals surface area contributed by atoms with Crippen LogP contribution in [0.5, 0.6) is 0 Å². The standard InChI is InChI=1S/C13H16F4N2O/c14-11(15)13(16,17)12(20)19(8-4-7-18)9-10-5-2-1-3-6-10/h1-3,5-6,11H,4,7-9,18H2. The van der Waals surface area contributed by atoms with Crippen LogP contribution in [0.25, 0.3) is 0 Å². The third-order valence-corrected chi connectivity index (χ3v) is 2.69. The number of carbonyl (C=O) groups excluding carboxylic acids is 1. The summed E-state index contributed by atoms with van der Waals surface area (Å²) in [5.74, 6) is -6.55. The first kappa shape index (κ1) is 16.4. The fraction of sp³-hybridized carbons (Fsp3) is 0.462. The summed E-state index contributed by atoms with van der Waals surface area (Å²) in [7, 11) is 0. The van der Waals surface area contributed by atoms with Crippen molar-refractivity contribution >= 4 is 5.91 Å². The largest absolute Gasteiger partial charge is 0.383 e. The van der Waals surface area contributed by atoms with E-state index in [9.17, 15) is 22.4 Å². The van der Waals surface area contributed by atoms with E-state index >= 15 is 0 Å². The zero-order valence-corrected chi connectivity index (χ0v) is 10.7. The molecule has 0 bridgehead atoms. The zero-order chi connectivity index (χ0) is 15.2. The number of hydrogen-bond acceptors (Lipinski definition) is 2. The monoisotopic (exact) mass is 292 g/mol. The molecule has 20 heavy (non-hydrogen) atoms. The van der Waals surface area contributed by atoms with Crippen molar-refractivity contribution < 1.29 is 22.4 Å². The normalized spacial score (nSPS) is 11.7. The van der Waals surface area contributed by atoms with Gasteiger partial charge < -0.3 is 10.6 Å². The molecule has 112 valence electrons. The van der Waals surface area contributed by atoms with E-state index in [0.29, 0.717) is 10.5 Å². The molecule has 0 atom stereocenters. The lowest BCUT2D eigenvalue weighted by Crippen LogP contribution is -2.48. The summed E-state index contributed by atoms with van der Waals surface area (Å²) >= 11 is 0. The van der Waals surface area contributed by atoms with Crippen LogP contribution in [0.2, 0.25) is 0 Å². The summed E-state index contributed by atoms with van der Waals surface area (Å²) in [4.78, 5) is 12.3. The van der Waals surface area contributed by atoms with Crippen molar-refractivity contribution in [2.75, 3.05) is 13.1 Å². The van der Waals surface area contributed by atoms with E-state index in [1.807, 2.05) is 0 Å². The van der Waals surface area contributed by atoms with Gasteiger partial charge in [0.25, 0.3) is 5.91 Å². The Morgan fingerprint density at radius 3 is 2.35 bits per heavy atom. The fourth-order valence-corrected chi connectivity index (χ4v) is 1.64. The van der Waals surface area contributed by atoms with E-state index in [2.05, 4.69) is 0 Å². The predicted octanol–water partition coefficient (Wildman–Crippen LogP) is 2.26. The lowest BCUT2D eigenvalue weighted by molar-refractivity contribution is -0.181. The highest BCUT2D eigenvalue weighted by Gasteiger charge is 2.51. The van der Waals surface area contributed by atoms with Crippen molar-refractivity contribution in [2.45, 2.75) is 25.3 Å². The van der Waals surface area contributed by atoms with Gasteiger partial charge in [0.2, 0.25) is 0 Å². The number of hydrogen-bond donors (Lipinski definition) is 1. The first-order valence-electron chi connectivity index (χ1n) is 6.09. The molecule has 1 amide bonds. The summed E-state index contributed by atoms with van der Waals surface area (Å²) < 4.78 is 50.8. The quantitative estimate of drug-likeness (QED) is 0.784. The molecular formula is C13H16F4N2O. The third kappa shape index (κ3) is 4.19. The van der Waals surface area contributed by atoms with Gasteiger partial charge in [-0.15, -0.1) is 0 Å². The molecular weight excluding hydrogens is 276 g/mol. The average Bonchev–Trinajstić information content (AvgIpc) is 2.43. The Hall–Kier alpha value is -1.63. The number of nitrogens with two attached hydrogens (primary N) is 1. The molecule has 1 aromatic rings. The van der Waals surface area contributed by atoms with Crippen molar-refractivity contribution in [3.8, 4) is 0 Å². The van der Waals surface area contributed by atoms with Crippen LogP contribution in [0.4, 0.5) is 17.6 Å². The van der Waals surface area contributed by atoms with Gasteiger partial charge in [-0.25, -0.2) is 8.78 Å². The molecule has 0 fully saturated rings. The van der Waals surface area contributed by atoms with Gasteiger partial charge in [-0.2, -0.15) is 8.78 Å². The van der Waals surface area contributed by atoms with Crippen molar-refractivity contribution in [3.05, 3.63) is 35.9 Å². The van der Waals surface area contributed by atoms with E-state index < -0.39 is 18.3 Å². The van der Waals surface area contributed by atoms with E-state index in [-0.39, 0.29) is 26.1 Å². The van der Waals surface area contributed by atoms with Crippen LogP contribution in [0, 0.1) is 0 Å². The van der Waals surface area contributed by atoms with E-state index in [1.54, 1.807) is 30.3 Å². The van der Waals surface area contributed by atoms with Gasteiger partial charge >= 0.3 is 12.3 Å². The van der Waals surface area contributed by atoms with Gasteiger partial charge in [-0.1, -0.05) is 30.3 Å². The Balaban J connectivity index is 2.86. The number of benzene rings is 1. The molecule has 0 radical (unpaired) electrons. The molecule has 7 heteroatoms. The maximum Gasteiger partial charge on any atom is 0.383 e. The van der Waals surface area contributed by atoms with Crippen LogP contribution in [0.15, 0.2) is 30.3 Å². The number of halogens is 4. The number of amides is 1. The molecule has 0 unspecified atom stereocenters. The lowest BCUT2D eigenvalue weighted by atomic mass is 10.2. The summed E-state index contributed by atoms with van der Waals surface area (Å²) in [6.45, 7) is -0.0622. The molecule has 3 nitrogen and oxygen atoms in total. The molecule has 2 N–H and O–H groups in total. The van der Waals surface area contributed by atoms with Crippen molar-refractivity contribution in [1.29, 1.82) is 0 Å². The van der Waals surface area contributed by atoms with Gasteiger partial charge in [-0.05, 0) is 18.5 Å². The van der Waals surface area contributed by atoms with Crippen LogP contribution in [-0.4, -0.2) is 36.2 Å².